The Morgan fingerprint density at radius 3 is 2.78 bits per heavy atom. The summed E-state index contributed by atoms with van der Waals surface area (Å²) in [5, 5.41) is 3.12. The van der Waals surface area contributed by atoms with Gasteiger partial charge in [-0.25, -0.2) is 9.97 Å². The zero-order chi connectivity index (χ0) is 13.0. The average Bonchev–Trinajstić information content (AvgIpc) is 3.23. The maximum Gasteiger partial charge on any atom is 0.136 e. The van der Waals surface area contributed by atoms with Gasteiger partial charge in [0.2, 0.25) is 0 Å². The maximum atomic E-state index is 5.14. The van der Waals surface area contributed by atoms with E-state index in [4.69, 9.17) is 4.74 Å². The molecule has 1 aromatic heterocycles. The van der Waals surface area contributed by atoms with Crippen molar-refractivity contribution < 1.29 is 4.74 Å². The number of nitrogens with zero attached hydrogens (tertiary/aromatic N) is 3. The molecule has 0 radical (unpaired) electrons. The van der Waals surface area contributed by atoms with E-state index in [9.17, 15) is 0 Å². The minimum absolute atomic E-state index is 0.568. The Kier molecular flexibility index (Phi) is 4.36. The number of hydrogen-bond acceptors (Lipinski definition) is 5. The lowest BCUT2D eigenvalue weighted by molar-refractivity contribution is 0.205. The van der Waals surface area contributed by atoms with Gasteiger partial charge >= 0.3 is 0 Å². The van der Waals surface area contributed by atoms with Gasteiger partial charge < -0.3 is 15.0 Å². The Bertz CT molecular complexity index is 393. The maximum absolute atomic E-state index is 5.14. The Morgan fingerprint density at radius 2 is 2.22 bits per heavy atom. The molecule has 100 valence electrons. The first-order valence-corrected chi connectivity index (χ1v) is 6.59. The fourth-order valence-corrected chi connectivity index (χ4v) is 1.90. The molecule has 1 fully saturated rings. The summed E-state index contributed by atoms with van der Waals surface area (Å²) >= 11 is 0. The second-order valence-electron chi connectivity index (χ2n) is 4.57. The molecule has 1 aliphatic carbocycles. The van der Waals surface area contributed by atoms with Gasteiger partial charge in [-0.2, -0.15) is 0 Å². The van der Waals surface area contributed by atoms with Crippen LogP contribution in [0.1, 0.15) is 31.5 Å². The van der Waals surface area contributed by atoms with Crippen LogP contribution in [0, 0.1) is 0 Å². The van der Waals surface area contributed by atoms with Crippen LogP contribution in [0.4, 0.5) is 11.6 Å². The second kappa shape index (κ2) is 6.00. The molecular formula is C13H22N4O. The molecule has 5 nitrogen and oxygen atoms in total. The summed E-state index contributed by atoms with van der Waals surface area (Å²) in [5.41, 5.74) is 0. The van der Waals surface area contributed by atoms with Crippen LogP contribution in [-0.2, 0) is 4.74 Å². The highest BCUT2D eigenvalue weighted by atomic mass is 16.5. The van der Waals surface area contributed by atoms with Crippen molar-refractivity contribution in [2.75, 3.05) is 44.1 Å². The SMILES string of the molecule is CCN(CCOC)c1cc(NC)nc(C2CC2)n1. The monoisotopic (exact) mass is 250 g/mol. The Labute approximate surface area is 109 Å². The van der Waals surface area contributed by atoms with Crippen molar-refractivity contribution in [2.24, 2.45) is 0 Å². The fraction of sp³-hybridized carbons (Fsp3) is 0.692. The molecule has 0 amide bonds. The van der Waals surface area contributed by atoms with Crippen LogP contribution >= 0.6 is 0 Å². The second-order valence-corrected chi connectivity index (χ2v) is 4.57. The summed E-state index contributed by atoms with van der Waals surface area (Å²) in [4.78, 5) is 11.4. The minimum Gasteiger partial charge on any atom is -0.383 e. The third kappa shape index (κ3) is 3.10. The lowest BCUT2D eigenvalue weighted by Crippen LogP contribution is -2.28. The molecule has 1 N–H and O–H groups in total. The standard InChI is InChI=1S/C13H22N4O/c1-4-17(7-8-18-3)12-9-11(14-2)15-13(16-12)10-5-6-10/h9-10H,4-8H2,1-3H3,(H,14,15,16). The average molecular weight is 250 g/mol. The van der Waals surface area contributed by atoms with Crippen LogP contribution in [0.5, 0.6) is 0 Å². The van der Waals surface area contributed by atoms with Crippen molar-refractivity contribution in [3.63, 3.8) is 0 Å². The summed E-state index contributed by atoms with van der Waals surface area (Å²) in [6.07, 6.45) is 2.44. The van der Waals surface area contributed by atoms with Crippen LogP contribution < -0.4 is 10.2 Å². The van der Waals surface area contributed by atoms with Crippen molar-refractivity contribution >= 4 is 11.6 Å². The molecule has 1 aliphatic rings. The van der Waals surface area contributed by atoms with Crippen LogP contribution in [0.3, 0.4) is 0 Å². The number of hydrogen-bond donors (Lipinski definition) is 1. The number of likely N-dealkylation sites (N-methyl/N-ethyl adjacent to an activating group) is 1. The predicted octanol–water partition coefficient (Wildman–Crippen LogP) is 1.87. The lowest BCUT2D eigenvalue weighted by Gasteiger charge is -2.22. The molecule has 2 rings (SSSR count). The Balaban J connectivity index is 2.20. The van der Waals surface area contributed by atoms with Gasteiger partial charge in [-0.3, -0.25) is 0 Å². The molecule has 0 aromatic carbocycles. The summed E-state index contributed by atoms with van der Waals surface area (Å²) in [6, 6.07) is 2.00. The van der Waals surface area contributed by atoms with Crippen molar-refractivity contribution in [1.82, 2.24) is 9.97 Å². The number of methoxy groups -OCH3 is 1. The Morgan fingerprint density at radius 1 is 1.44 bits per heavy atom. The van der Waals surface area contributed by atoms with Gasteiger partial charge in [0.05, 0.1) is 6.61 Å². The molecule has 0 spiro atoms. The summed E-state index contributed by atoms with van der Waals surface area (Å²) < 4.78 is 5.14. The molecular weight excluding hydrogens is 228 g/mol. The smallest absolute Gasteiger partial charge is 0.136 e. The van der Waals surface area contributed by atoms with Gasteiger partial charge in [-0.15, -0.1) is 0 Å². The predicted molar refractivity (Wildman–Crippen MR) is 73.3 cm³/mol. The van der Waals surface area contributed by atoms with Crippen LogP contribution in [0.2, 0.25) is 0 Å². The normalized spacial score (nSPS) is 14.6. The van der Waals surface area contributed by atoms with Gasteiger partial charge in [0, 0.05) is 39.2 Å². The van der Waals surface area contributed by atoms with E-state index in [2.05, 4.69) is 27.1 Å². The highest BCUT2D eigenvalue weighted by molar-refractivity contribution is 5.49. The van der Waals surface area contributed by atoms with Crippen molar-refractivity contribution in [2.45, 2.75) is 25.7 Å². The van der Waals surface area contributed by atoms with E-state index < -0.39 is 0 Å². The highest BCUT2D eigenvalue weighted by Crippen LogP contribution is 2.39. The van der Waals surface area contributed by atoms with Gasteiger partial charge in [0.1, 0.15) is 17.5 Å². The molecule has 5 heteroatoms. The molecule has 0 bridgehead atoms. The molecule has 0 atom stereocenters. The zero-order valence-electron chi connectivity index (χ0n) is 11.4. The molecule has 18 heavy (non-hydrogen) atoms. The fourth-order valence-electron chi connectivity index (χ4n) is 1.90. The quantitative estimate of drug-likeness (QED) is 0.800. The number of rotatable bonds is 7. The van der Waals surface area contributed by atoms with Crippen LogP contribution in [0.25, 0.3) is 0 Å². The van der Waals surface area contributed by atoms with E-state index in [0.29, 0.717) is 12.5 Å². The number of ether oxygens (including phenoxy) is 1. The van der Waals surface area contributed by atoms with Gasteiger partial charge in [0.15, 0.2) is 0 Å². The molecule has 0 saturated heterocycles. The van der Waals surface area contributed by atoms with Gasteiger partial charge in [-0.1, -0.05) is 0 Å². The first-order valence-electron chi connectivity index (χ1n) is 6.59. The van der Waals surface area contributed by atoms with Crippen LogP contribution in [0.15, 0.2) is 6.07 Å². The zero-order valence-corrected chi connectivity index (χ0v) is 11.4. The van der Waals surface area contributed by atoms with E-state index in [-0.39, 0.29) is 0 Å². The third-order valence-electron chi connectivity index (χ3n) is 3.20. The first-order chi connectivity index (χ1) is 8.78. The van der Waals surface area contributed by atoms with E-state index in [1.165, 1.54) is 12.8 Å². The van der Waals surface area contributed by atoms with Crippen LogP contribution in [-0.4, -0.2) is 43.8 Å². The van der Waals surface area contributed by atoms with E-state index in [0.717, 1.165) is 30.5 Å². The summed E-state index contributed by atoms with van der Waals surface area (Å²) in [7, 11) is 3.62. The van der Waals surface area contributed by atoms with E-state index >= 15 is 0 Å². The third-order valence-corrected chi connectivity index (χ3v) is 3.20. The first kappa shape index (κ1) is 13.1. The molecule has 1 aromatic rings. The summed E-state index contributed by atoms with van der Waals surface area (Å²) in [5.74, 6) is 3.44. The molecule has 1 saturated carbocycles. The molecule has 0 unspecified atom stereocenters. The van der Waals surface area contributed by atoms with E-state index in [1.54, 1.807) is 7.11 Å². The summed E-state index contributed by atoms with van der Waals surface area (Å²) in [6.45, 7) is 4.63. The lowest BCUT2D eigenvalue weighted by atomic mass is 10.3. The highest BCUT2D eigenvalue weighted by Gasteiger charge is 2.27. The Hall–Kier alpha value is -1.36. The number of aromatic nitrogens is 2. The van der Waals surface area contributed by atoms with Gasteiger partial charge in [-0.05, 0) is 19.8 Å². The van der Waals surface area contributed by atoms with Crippen molar-refractivity contribution in [1.29, 1.82) is 0 Å². The number of nitrogens with one attached hydrogen (secondary N) is 1. The topological polar surface area (TPSA) is 50.3 Å². The van der Waals surface area contributed by atoms with Gasteiger partial charge in [0.25, 0.3) is 0 Å². The number of anilines is 2. The largest absolute Gasteiger partial charge is 0.383 e. The minimum atomic E-state index is 0.568. The van der Waals surface area contributed by atoms with Crippen molar-refractivity contribution in [3.05, 3.63) is 11.9 Å². The van der Waals surface area contributed by atoms with E-state index in [1.807, 2.05) is 13.1 Å². The van der Waals surface area contributed by atoms with Crippen molar-refractivity contribution in [3.8, 4) is 0 Å². The molecule has 1 heterocycles. The molecule has 0 aliphatic heterocycles.